The maximum absolute atomic E-state index is 13.6. The van der Waals surface area contributed by atoms with E-state index in [1.54, 1.807) is 24.3 Å². The van der Waals surface area contributed by atoms with E-state index in [9.17, 15) is 19.5 Å². The molecule has 0 saturated carbocycles. The lowest BCUT2D eigenvalue weighted by Crippen LogP contribution is -2.71. The van der Waals surface area contributed by atoms with E-state index in [4.69, 9.17) is 10.5 Å². The van der Waals surface area contributed by atoms with E-state index >= 15 is 0 Å². The first-order valence-electron chi connectivity index (χ1n) is 10.7. The first-order valence-corrected chi connectivity index (χ1v) is 10.7. The molecule has 7 heteroatoms. The zero-order chi connectivity index (χ0) is 23.3. The average molecular weight is 437 g/mol. The van der Waals surface area contributed by atoms with Crippen LogP contribution in [0.4, 0.5) is 4.79 Å². The predicted molar refractivity (Wildman–Crippen MR) is 118 cm³/mol. The molecule has 0 spiro atoms. The molecule has 0 bridgehead atoms. The molecule has 1 aliphatic carbocycles. The van der Waals surface area contributed by atoms with E-state index in [-0.39, 0.29) is 5.92 Å². The fraction of sp³-hybridized carbons (Fsp3) is 0.400. The number of aliphatic hydroxyl groups excluding tert-OH is 1. The summed E-state index contributed by atoms with van der Waals surface area (Å²) < 4.78 is 4.99. The number of primary amides is 1. The molecule has 0 aromatic heterocycles. The number of carbonyl (C=O) groups excluding carboxylic acids is 3. The molecule has 3 amide bonds. The topological polar surface area (TPSA) is 110 Å². The summed E-state index contributed by atoms with van der Waals surface area (Å²) in [5, 5.41) is 11.6. The van der Waals surface area contributed by atoms with Crippen LogP contribution in [-0.2, 0) is 17.6 Å². The van der Waals surface area contributed by atoms with Gasteiger partial charge in [-0.1, -0.05) is 57.2 Å². The number of imide groups is 1. The van der Waals surface area contributed by atoms with Gasteiger partial charge in [0.15, 0.2) is 0 Å². The molecule has 168 valence electrons. The van der Waals surface area contributed by atoms with Crippen LogP contribution >= 0.6 is 0 Å². The van der Waals surface area contributed by atoms with Crippen molar-refractivity contribution in [3.63, 3.8) is 0 Å². The van der Waals surface area contributed by atoms with Crippen LogP contribution in [-0.4, -0.2) is 46.2 Å². The number of hydrogen-bond acceptors (Lipinski definition) is 5. The van der Waals surface area contributed by atoms with E-state index in [1.165, 1.54) is 4.90 Å². The number of rotatable bonds is 5. The lowest BCUT2D eigenvalue weighted by Gasteiger charge is -2.55. The summed E-state index contributed by atoms with van der Waals surface area (Å²) in [4.78, 5) is 39.8. The fourth-order valence-corrected chi connectivity index (χ4v) is 5.73. The van der Waals surface area contributed by atoms with Gasteiger partial charge < -0.3 is 15.6 Å². The van der Waals surface area contributed by atoms with Crippen molar-refractivity contribution in [2.24, 2.45) is 17.1 Å². The second-order valence-corrected chi connectivity index (χ2v) is 9.59. The van der Waals surface area contributed by atoms with Crippen molar-refractivity contribution in [2.75, 3.05) is 6.61 Å². The van der Waals surface area contributed by atoms with Gasteiger partial charge in [0.25, 0.3) is 11.8 Å². The molecule has 0 fully saturated rings. The minimum atomic E-state index is -1.35. The van der Waals surface area contributed by atoms with Crippen LogP contribution < -0.4 is 5.73 Å². The van der Waals surface area contributed by atoms with Gasteiger partial charge in [0.1, 0.15) is 12.7 Å². The Morgan fingerprint density at radius 1 is 1.03 bits per heavy atom. The summed E-state index contributed by atoms with van der Waals surface area (Å²) in [5.74, 6) is -1.18. The van der Waals surface area contributed by atoms with E-state index in [0.29, 0.717) is 24.0 Å². The van der Waals surface area contributed by atoms with Gasteiger partial charge in [0, 0.05) is 0 Å². The molecule has 1 heterocycles. The Kier molecular flexibility index (Phi) is 5.33. The van der Waals surface area contributed by atoms with Crippen molar-refractivity contribution < 1.29 is 24.2 Å². The van der Waals surface area contributed by atoms with E-state index in [1.807, 2.05) is 45.0 Å². The molecule has 32 heavy (non-hydrogen) atoms. The Labute approximate surface area is 187 Å². The minimum Gasteiger partial charge on any atom is -0.447 e. The second kappa shape index (κ2) is 7.74. The molecule has 0 radical (unpaired) electrons. The van der Waals surface area contributed by atoms with Crippen molar-refractivity contribution in [3.8, 4) is 0 Å². The van der Waals surface area contributed by atoms with Crippen LogP contribution in [0.3, 0.4) is 0 Å². The summed E-state index contributed by atoms with van der Waals surface area (Å²) >= 11 is 0. The molecule has 2 aromatic rings. The lowest BCUT2D eigenvalue weighted by atomic mass is 9.61. The van der Waals surface area contributed by atoms with Crippen molar-refractivity contribution in [1.29, 1.82) is 0 Å². The van der Waals surface area contributed by atoms with Crippen LogP contribution in [0.1, 0.15) is 52.6 Å². The van der Waals surface area contributed by atoms with Gasteiger partial charge >= 0.3 is 6.09 Å². The number of benzene rings is 2. The van der Waals surface area contributed by atoms with E-state index in [0.717, 1.165) is 11.1 Å². The zero-order valence-corrected chi connectivity index (χ0v) is 18.5. The van der Waals surface area contributed by atoms with Crippen molar-refractivity contribution in [2.45, 2.75) is 45.3 Å². The Morgan fingerprint density at radius 3 is 1.94 bits per heavy atom. The monoisotopic (exact) mass is 436 g/mol. The summed E-state index contributed by atoms with van der Waals surface area (Å²) in [5.41, 5.74) is 5.92. The minimum absolute atomic E-state index is 0.284. The zero-order valence-electron chi connectivity index (χ0n) is 18.5. The number of hydrogen-bond donors (Lipinski definition) is 2. The molecule has 3 N–H and O–H groups in total. The molecule has 2 atom stereocenters. The van der Waals surface area contributed by atoms with E-state index in [2.05, 4.69) is 0 Å². The predicted octanol–water partition coefficient (Wildman–Crippen LogP) is 2.94. The Bertz CT molecular complexity index is 1030. The molecule has 2 aliphatic rings. The van der Waals surface area contributed by atoms with Crippen LogP contribution in [0.5, 0.6) is 0 Å². The molecule has 0 saturated heterocycles. The van der Waals surface area contributed by atoms with Crippen molar-refractivity contribution in [3.05, 3.63) is 70.8 Å². The van der Waals surface area contributed by atoms with Crippen LogP contribution in [0, 0.1) is 11.3 Å². The maximum Gasteiger partial charge on any atom is 0.404 e. The highest BCUT2D eigenvalue weighted by atomic mass is 16.6. The number of nitrogens with two attached hydrogens (primary N) is 1. The van der Waals surface area contributed by atoms with Gasteiger partial charge in [0.05, 0.1) is 16.7 Å². The first kappa shape index (κ1) is 22.0. The standard InChI is InChI=1S/C25H28N2O5/c1-24(2,3)25(20(28)14-32-23(26)31,17-12-15-8-4-5-9-16(15)13-17)27-21(29)18-10-6-7-11-19(18)22(27)30/h4-11,17,20,28H,12-14H2,1-3H3,(H2,26,31)/t20-,25-/m0/s1. The summed E-state index contributed by atoms with van der Waals surface area (Å²) in [7, 11) is 0. The van der Waals surface area contributed by atoms with Gasteiger partial charge in [-0.05, 0) is 47.4 Å². The molecular formula is C25H28N2O5. The largest absolute Gasteiger partial charge is 0.447 e. The molecule has 7 nitrogen and oxygen atoms in total. The average Bonchev–Trinajstić information content (AvgIpc) is 3.27. The number of aliphatic hydroxyl groups is 1. The highest BCUT2D eigenvalue weighted by molar-refractivity contribution is 6.22. The van der Waals surface area contributed by atoms with Gasteiger partial charge in [-0.15, -0.1) is 0 Å². The first-order chi connectivity index (χ1) is 15.1. The van der Waals surface area contributed by atoms with Gasteiger partial charge in [-0.2, -0.15) is 0 Å². The third-order valence-electron chi connectivity index (χ3n) is 6.93. The number of nitrogens with zero attached hydrogens (tertiary/aromatic N) is 1. The molecule has 2 aromatic carbocycles. The number of fused-ring (bicyclic) bond motifs is 2. The van der Waals surface area contributed by atoms with Crippen LogP contribution in [0.2, 0.25) is 0 Å². The Hall–Kier alpha value is -3.19. The summed E-state index contributed by atoms with van der Waals surface area (Å²) in [6, 6.07) is 14.6. The molecule has 4 rings (SSSR count). The van der Waals surface area contributed by atoms with Crippen molar-refractivity contribution in [1.82, 2.24) is 4.90 Å². The highest BCUT2D eigenvalue weighted by Crippen LogP contribution is 2.51. The Balaban J connectivity index is 1.89. The van der Waals surface area contributed by atoms with E-state index < -0.39 is 41.6 Å². The summed E-state index contributed by atoms with van der Waals surface area (Å²) in [6.45, 7) is 5.26. The quantitative estimate of drug-likeness (QED) is 0.701. The Morgan fingerprint density at radius 2 is 1.50 bits per heavy atom. The van der Waals surface area contributed by atoms with Gasteiger partial charge in [-0.3, -0.25) is 14.5 Å². The smallest absolute Gasteiger partial charge is 0.404 e. The lowest BCUT2D eigenvalue weighted by molar-refractivity contribution is -0.115. The maximum atomic E-state index is 13.6. The molecule has 0 unspecified atom stereocenters. The van der Waals surface area contributed by atoms with Crippen LogP contribution in [0.15, 0.2) is 48.5 Å². The highest BCUT2D eigenvalue weighted by Gasteiger charge is 2.63. The second-order valence-electron chi connectivity index (χ2n) is 9.59. The normalized spacial score (nSPS) is 18.8. The molecule has 1 aliphatic heterocycles. The summed E-state index contributed by atoms with van der Waals surface area (Å²) in [6.07, 6.45) is -1.20. The molecular weight excluding hydrogens is 408 g/mol. The SMILES string of the molecule is CC(C)(C)[C@](C1Cc2ccccc2C1)([C@@H](O)COC(N)=O)N1C(=O)c2ccccc2C1=O. The number of carbonyl (C=O) groups is 3. The van der Waals surface area contributed by atoms with Crippen LogP contribution in [0.25, 0.3) is 0 Å². The number of ether oxygens (including phenoxy) is 1. The third-order valence-corrected chi connectivity index (χ3v) is 6.93. The van der Waals surface area contributed by atoms with Crippen molar-refractivity contribution >= 4 is 17.9 Å². The third kappa shape index (κ3) is 3.19. The fourth-order valence-electron chi connectivity index (χ4n) is 5.73. The van der Waals surface area contributed by atoms with Gasteiger partial charge in [0.2, 0.25) is 0 Å². The number of amides is 3. The van der Waals surface area contributed by atoms with Gasteiger partial charge in [-0.25, -0.2) is 4.79 Å².